The van der Waals surface area contributed by atoms with Gasteiger partial charge in [-0.3, -0.25) is 9.59 Å². The standard InChI is InChI=1S/C14H26N2O3/c1-2-3-11(8-9-15)4-7-13(17)16(10-14(18)19)12-5-6-12/h11-12H,2-10,15H2,1H3,(H,18,19). The maximum Gasteiger partial charge on any atom is 0.323 e. The molecule has 1 unspecified atom stereocenters. The molecule has 5 nitrogen and oxygen atoms in total. The van der Waals surface area contributed by atoms with Gasteiger partial charge in [0.25, 0.3) is 0 Å². The normalized spacial score (nSPS) is 16.1. The summed E-state index contributed by atoms with van der Waals surface area (Å²) in [7, 11) is 0. The van der Waals surface area contributed by atoms with Crippen LogP contribution < -0.4 is 5.73 Å². The number of hydrogen-bond acceptors (Lipinski definition) is 3. The Morgan fingerprint density at radius 1 is 1.32 bits per heavy atom. The van der Waals surface area contributed by atoms with E-state index in [2.05, 4.69) is 6.92 Å². The average molecular weight is 270 g/mol. The van der Waals surface area contributed by atoms with Crippen molar-refractivity contribution in [1.29, 1.82) is 0 Å². The highest BCUT2D eigenvalue weighted by atomic mass is 16.4. The molecule has 0 aromatic carbocycles. The Labute approximate surface area is 115 Å². The van der Waals surface area contributed by atoms with Crippen LogP contribution in [0.3, 0.4) is 0 Å². The minimum atomic E-state index is -0.924. The highest BCUT2D eigenvalue weighted by molar-refractivity contribution is 5.81. The first-order valence-electron chi connectivity index (χ1n) is 7.29. The quantitative estimate of drug-likeness (QED) is 0.631. The van der Waals surface area contributed by atoms with Gasteiger partial charge in [0.15, 0.2) is 0 Å². The predicted molar refractivity (Wildman–Crippen MR) is 73.7 cm³/mol. The molecule has 1 rings (SSSR count). The topological polar surface area (TPSA) is 83.6 Å². The second kappa shape index (κ2) is 8.15. The zero-order valence-electron chi connectivity index (χ0n) is 11.8. The summed E-state index contributed by atoms with van der Waals surface area (Å²) >= 11 is 0. The van der Waals surface area contributed by atoms with Crippen LogP contribution in [0.4, 0.5) is 0 Å². The lowest BCUT2D eigenvalue weighted by Crippen LogP contribution is -2.37. The number of carbonyl (C=O) groups is 2. The van der Waals surface area contributed by atoms with Gasteiger partial charge in [-0.25, -0.2) is 0 Å². The van der Waals surface area contributed by atoms with Crippen molar-refractivity contribution >= 4 is 11.9 Å². The lowest BCUT2D eigenvalue weighted by Gasteiger charge is -2.22. The van der Waals surface area contributed by atoms with E-state index in [-0.39, 0.29) is 18.5 Å². The van der Waals surface area contributed by atoms with Crippen LogP contribution in [0.2, 0.25) is 0 Å². The van der Waals surface area contributed by atoms with Gasteiger partial charge >= 0.3 is 5.97 Å². The molecule has 0 radical (unpaired) electrons. The van der Waals surface area contributed by atoms with E-state index in [0.717, 1.165) is 38.5 Å². The highest BCUT2D eigenvalue weighted by Gasteiger charge is 2.33. The lowest BCUT2D eigenvalue weighted by atomic mass is 9.94. The van der Waals surface area contributed by atoms with E-state index in [0.29, 0.717) is 18.9 Å². The Hall–Kier alpha value is -1.10. The number of rotatable bonds is 10. The number of aliphatic carboxylic acids is 1. The van der Waals surface area contributed by atoms with Crippen molar-refractivity contribution in [1.82, 2.24) is 4.90 Å². The average Bonchev–Trinajstić information content (AvgIpc) is 3.17. The van der Waals surface area contributed by atoms with Crippen molar-refractivity contribution in [2.24, 2.45) is 11.7 Å². The van der Waals surface area contributed by atoms with Crippen LogP contribution in [0, 0.1) is 5.92 Å². The largest absolute Gasteiger partial charge is 0.480 e. The molecule has 1 aliphatic carbocycles. The van der Waals surface area contributed by atoms with Gasteiger partial charge in [-0.1, -0.05) is 19.8 Å². The van der Waals surface area contributed by atoms with Crippen molar-refractivity contribution in [2.45, 2.75) is 57.9 Å². The summed E-state index contributed by atoms with van der Waals surface area (Å²) in [4.78, 5) is 24.4. The summed E-state index contributed by atoms with van der Waals surface area (Å²) in [5, 5.41) is 8.84. The minimum absolute atomic E-state index is 0.0111. The van der Waals surface area contributed by atoms with E-state index in [4.69, 9.17) is 10.8 Å². The Bertz CT molecular complexity index is 297. The molecule has 19 heavy (non-hydrogen) atoms. The summed E-state index contributed by atoms with van der Waals surface area (Å²) in [6.07, 6.45) is 6.30. The first kappa shape index (κ1) is 16.0. The van der Waals surface area contributed by atoms with E-state index >= 15 is 0 Å². The predicted octanol–water partition coefficient (Wildman–Crippen LogP) is 1.61. The van der Waals surface area contributed by atoms with E-state index in [1.165, 1.54) is 4.90 Å². The van der Waals surface area contributed by atoms with Gasteiger partial charge in [0.2, 0.25) is 5.91 Å². The summed E-state index contributed by atoms with van der Waals surface area (Å²) in [6, 6.07) is 0.169. The van der Waals surface area contributed by atoms with Crippen LogP contribution >= 0.6 is 0 Å². The number of hydrogen-bond donors (Lipinski definition) is 2. The van der Waals surface area contributed by atoms with Crippen LogP contribution in [0.25, 0.3) is 0 Å². The molecule has 0 heterocycles. The molecular formula is C14H26N2O3. The summed E-state index contributed by atoms with van der Waals surface area (Å²) < 4.78 is 0. The fourth-order valence-electron chi connectivity index (χ4n) is 2.50. The molecule has 5 heteroatoms. The molecule has 0 saturated heterocycles. The zero-order valence-corrected chi connectivity index (χ0v) is 11.8. The van der Waals surface area contributed by atoms with Crippen LogP contribution in [0.1, 0.15) is 51.9 Å². The minimum Gasteiger partial charge on any atom is -0.480 e. The second-order valence-electron chi connectivity index (χ2n) is 5.42. The molecule has 1 saturated carbocycles. The van der Waals surface area contributed by atoms with Gasteiger partial charge in [-0.05, 0) is 38.1 Å². The van der Waals surface area contributed by atoms with Crippen molar-refractivity contribution in [3.05, 3.63) is 0 Å². The number of carboxylic acids is 1. The van der Waals surface area contributed by atoms with Gasteiger partial charge in [-0.15, -0.1) is 0 Å². The molecule has 1 atom stereocenters. The number of nitrogens with two attached hydrogens (primary N) is 1. The van der Waals surface area contributed by atoms with Crippen molar-refractivity contribution < 1.29 is 14.7 Å². The van der Waals surface area contributed by atoms with Gasteiger partial charge in [0.05, 0.1) is 0 Å². The van der Waals surface area contributed by atoms with E-state index in [1.807, 2.05) is 0 Å². The van der Waals surface area contributed by atoms with Gasteiger partial charge in [0.1, 0.15) is 6.54 Å². The van der Waals surface area contributed by atoms with Gasteiger partial charge in [0, 0.05) is 12.5 Å². The fourth-order valence-corrected chi connectivity index (χ4v) is 2.50. The van der Waals surface area contributed by atoms with Crippen molar-refractivity contribution in [2.75, 3.05) is 13.1 Å². The zero-order chi connectivity index (χ0) is 14.3. The molecule has 3 N–H and O–H groups in total. The number of amides is 1. The summed E-state index contributed by atoms with van der Waals surface area (Å²) in [5.41, 5.74) is 5.58. The maximum atomic E-state index is 12.1. The molecule has 1 amide bonds. The SMILES string of the molecule is CCCC(CCN)CCC(=O)N(CC(=O)O)C1CC1. The molecule has 1 fully saturated rings. The van der Waals surface area contributed by atoms with Crippen LogP contribution in [0.15, 0.2) is 0 Å². The maximum absolute atomic E-state index is 12.1. The van der Waals surface area contributed by atoms with Gasteiger partial charge < -0.3 is 15.7 Å². The fraction of sp³-hybridized carbons (Fsp3) is 0.857. The molecular weight excluding hydrogens is 244 g/mol. The van der Waals surface area contributed by atoms with E-state index in [1.54, 1.807) is 0 Å². The first-order chi connectivity index (χ1) is 9.08. The molecule has 0 bridgehead atoms. The molecule has 0 aliphatic heterocycles. The Morgan fingerprint density at radius 2 is 2.00 bits per heavy atom. The van der Waals surface area contributed by atoms with Crippen molar-refractivity contribution in [3.63, 3.8) is 0 Å². The smallest absolute Gasteiger partial charge is 0.323 e. The van der Waals surface area contributed by atoms with Crippen LogP contribution in [-0.2, 0) is 9.59 Å². The third-order valence-electron chi connectivity index (χ3n) is 3.65. The van der Waals surface area contributed by atoms with Gasteiger partial charge in [-0.2, -0.15) is 0 Å². The Balaban J connectivity index is 2.39. The van der Waals surface area contributed by atoms with Crippen LogP contribution in [-0.4, -0.2) is 41.0 Å². The highest BCUT2D eigenvalue weighted by Crippen LogP contribution is 2.28. The number of carboxylic acid groups (broad SMARTS) is 1. The number of carbonyl (C=O) groups excluding carboxylic acids is 1. The molecule has 0 spiro atoms. The summed E-state index contributed by atoms with van der Waals surface area (Å²) in [6.45, 7) is 2.63. The Kier molecular flexibility index (Phi) is 6.84. The van der Waals surface area contributed by atoms with E-state index < -0.39 is 5.97 Å². The first-order valence-corrected chi connectivity index (χ1v) is 7.29. The van der Waals surface area contributed by atoms with E-state index in [9.17, 15) is 9.59 Å². The molecule has 0 aromatic heterocycles. The Morgan fingerprint density at radius 3 is 2.47 bits per heavy atom. The monoisotopic (exact) mass is 270 g/mol. The molecule has 0 aromatic rings. The number of nitrogens with zero attached hydrogens (tertiary/aromatic N) is 1. The molecule has 110 valence electrons. The van der Waals surface area contributed by atoms with Crippen LogP contribution in [0.5, 0.6) is 0 Å². The van der Waals surface area contributed by atoms with Crippen molar-refractivity contribution in [3.8, 4) is 0 Å². The third kappa shape index (κ3) is 6.05. The third-order valence-corrected chi connectivity index (χ3v) is 3.65. The lowest BCUT2D eigenvalue weighted by molar-refractivity contribution is -0.145. The molecule has 1 aliphatic rings. The second-order valence-corrected chi connectivity index (χ2v) is 5.42. The summed E-state index contributed by atoms with van der Waals surface area (Å²) in [5.74, 6) is -0.444.